The fourth-order valence-corrected chi connectivity index (χ4v) is 5.36. The first kappa shape index (κ1) is 19.3. The monoisotopic (exact) mass is 404 g/mol. The lowest BCUT2D eigenvalue weighted by molar-refractivity contribution is 0.0987. The summed E-state index contributed by atoms with van der Waals surface area (Å²) in [7, 11) is 0. The van der Waals surface area contributed by atoms with Gasteiger partial charge in [-0.05, 0) is 85.4 Å². The van der Waals surface area contributed by atoms with Gasteiger partial charge in [-0.2, -0.15) is 0 Å². The van der Waals surface area contributed by atoms with Gasteiger partial charge >= 0.3 is 0 Å². The summed E-state index contributed by atoms with van der Waals surface area (Å²) in [5.74, 6) is 0.0380. The summed E-state index contributed by atoms with van der Waals surface area (Å²) in [5, 5.41) is 25.1. The van der Waals surface area contributed by atoms with E-state index in [1.54, 1.807) is 18.2 Å². The van der Waals surface area contributed by atoms with Crippen molar-refractivity contribution in [3.63, 3.8) is 0 Å². The molecule has 1 atom stereocenters. The molecule has 0 bridgehead atoms. The number of aryl methyl sites for hydroxylation is 2. The van der Waals surface area contributed by atoms with Gasteiger partial charge in [-0.1, -0.05) is 18.2 Å². The van der Waals surface area contributed by atoms with Crippen LogP contribution in [0, 0.1) is 0 Å². The standard InChI is InChI=1S/C25H28N2O3/c1-25(13-18-10-15-4-2-3-5-16(15)11-19(18)14-25)27-23(30)12-17-6-8-21(28)24-20(17)7-9-22(29)26-24/h6-11,23,27-28,30H,2-5,12-14H2,1H3,(H,26,29)/t23-/m1/s1. The van der Waals surface area contributed by atoms with Crippen molar-refractivity contribution in [2.24, 2.45) is 0 Å². The van der Waals surface area contributed by atoms with Crippen molar-refractivity contribution >= 4 is 10.9 Å². The summed E-state index contributed by atoms with van der Waals surface area (Å²) in [5.41, 5.74) is 6.69. The maximum absolute atomic E-state index is 11.6. The molecule has 2 aliphatic rings. The first-order valence-electron chi connectivity index (χ1n) is 10.8. The van der Waals surface area contributed by atoms with Crippen molar-refractivity contribution < 1.29 is 10.2 Å². The number of fused-ring (bicyclic) bond motifs is 3. The lowest BCUT2D eigenvalue weighted by Gasteiger charge is -2.29. The molecule has 5 nitrogen and oxygen atoms in total. The number of aliphatic hydroxyl groups is 1. The summed E-state index contributed by atoms with van der Waals surface area (Å²) in [6.07, 6.45) is 6.44. The van der Waals surface area contributed by atoms with E-state index in [4.69, 9.17) is 0 Å². The number of aromatic nitrogens is 1. The molecule has 4 N–H and O–H groups in total. The summed E-state index contributed by atoms with van der Waals surface area (Å²) in [6, 6.07) is 11.3. The quantitative estimate of drug-likeness (QED) is 0.504. The van der Waals surface area contributed by atoms with Crippen LogP contribution in [0.3, 0.4) is 0 Å². The second kappa shape index (κ2) is 7.25. The molecule has 0 radical (unpaired) electrons. The minimum Gasteiger partial charge on any atom is -0.506 e. The van der Waals surface area contributed by atoms with Crippen molar-refractivity contribution in [3.8, 4) is 5.75 Å². The maximum atomic E-state index is 11.6. The third-order valence-electron chi connectivity index (χ3n) is 6.72. The lowest BCUT2D eigenvalue weighted by Crippen LogP contribution is -2.49. The van der Waals surface area contributed by atoms with Gasteiger partial charge in [0.1, 0.15) is 12.0 Å². The van der Waals surface area contributed by atoms with Crippen LogP contribution < -0.4 is 10.9 Å². The number of H-pyrrole nitrogens is 1. The Labute approximate surface area is 175 Å². The minimum absolute atomic E-state index is 0.0380. The highest BCUT2D eigenvalue weighted by Gasteiger charge is 2.35. The van der Waals surface area contributed by atoms with Gasteiger partial charge in [0.2, 0.25) is 5.56 Å². The van der Waals surface area contributed by atoms with E-state index in [2.05, 4.69) is 29.4 Å². The van der Waals surface area contributed by atoms with Crippen molar-refractivity contribution in [2.75, 3.05) is 0 Å². The van der Waals surface area contributed by atoms with E-state index in [0.717, 1.165) is 23.8 Å². The van der Waals surface area contributed by atoms with Gasteiger partial charge in [-0.15, -0.1) is 0 Å². The summed E-state index contributed by atoms with van der Waals surface area (Å²) >= 11 is 0. The number of pyridine rings is 1. The average Bonchev–Trinajstić information content (AvgIpc) is 3.02. The van der Waals surface area contributed by atoms with E-state index >= 15 is 0 Å². The van der Waals surface area contributed by atoms with E-state index in [1.807, 2.05) is 0 Å². The first-order valence-corrected chi connectivity index (χ1v) is 10.8. The molecule has 0 fully saturated rings. The second-order valence-electron chi connectivity index (χ2n) is 9.23. The van der Waals surface area contributed by atoms with Crippen LogP contribution >= 0.6 is 0 Å². The van der Waals surface area contributed by atoms with Crippen LogP contribution in [0.1, 0.15) is 47.6 Å². The van der Waals surface area contributed by atoms with Crippen molar-refractivity contribution in [2.45, 2.75) is 63.6 Å². The molecule has 1 aromatic heterocycles. The SMILES string of the molecule is CC1(N[C@H](O)Cc2ccc(O)c3[nH]c(=O)ccc23)Cc2cc3c(cc2C1)CCCC3. The molecule has 30 heavy (non-hydrogen) atoms. The Morgan fingerprint density at radius 3 is 2.37 bits per heavy atom. The Balaban J connectivity index is 1.34. The Kier molecular flexibility index (Phi) is 4.68. The predicted octanol–water partition coefficient (Wildman–Crippen LogP) is 3.12. The number of phenols is 1. The lowest BCUT2D eigenvalue weighted by atomic mass is 9.89. The minimum atomic E-state index is -0.724. The fourth-order valence-electron chi connectivity index (χ4n) is 5.36. The molecular weight excluding hydrogens is 376 g/mol. The van der Waals surface area contributed by atoms with Gasteiger partial charge in [0.25, 0.3) is 0 Å². The highest BCUT2D eigenvalue weighted by molar-refractivity contribution is 5.87. The number of phenolic OH excluding ortho intramolecular Hbond substituents is 1. The topological polar surface area (TPSA) is 85.3 Å². The smallest absolute Gasteiger partial charge is 0.248 e. The summed E-state index contributed by atoms with van der Waals surface area (Å²) in [6.45, 7) is 2.18. The molecular formula is C25H28N2O3. The number of hydrogen-bond acceptors (Lipinski definition) is 4. The Morgan fingerprint density at radius 1 is 1.03 bits per heavy atom. The number of benzene rings is 2. The second-order valence-corrected chi connectivity index (χ2v) is 9.23. The van der Waals surface area contributed by atoms with Gasteiger partial charge in [0.05, 0.1) is 5.52 Å². The Bertz CT molecular complexity index is 1150. The molecule has 2 aliphatic carbocycles. The fraction of sp³-hybridized carbons (Fsp3) is 0.400. The first-order chi connectivity index (χ1) is 14.4. The third kappa shape index (κ3) is 3.53. The molecule has 2 aromatic carbocycles. The van der Waals surface area contributed by atoms with Crippen LogP contribution in [-0.4, -0.2) is 27.0 Å². The Hall–Kier alpha value is -2.63. The van der Waals surface area contributed by atoms with Gasteiger partial charge in [0, 0.05) is 23.4 Å². The highest BCUT2D eigenvalue weighted by atomic mass is 16.3. The van der Waals surface area contributed by atoms with Crippen LogP contribution in [0.25, 0.3) is 10.9 Å². The van der Waals surface area contributed by atoms with Crippen LogP contribution in [0.4, 0.5) is 0 Å². The van der Waals surface area contributed by atoms with E-state index < -0.39 is 6.23 Å². The largest absolute Gasteiger partial charge is 0.506 e. The summed E-state index contributed by atoms with van der Waals surface area (Å²) in [4.78, 5) is 14.3. The molecule has 0 amide bonds. The number of aromatic amines is 1. The highest BCUT2D eigenvalue weighted by Crippen LogP contribution is 2.35. The molecule has 0 unspecified atom stereocenters. The zero-order chi connectivity index (χ0) is 20.9. The number of rotatable bonds is 4. The maximum Gasteiger partial charge on any atom is 0.248 e. The molecule has 5 heteroatoms. The van der Waals surface area contributed by atoms with Crippen LogP contribution in [0.2, 0.25) is 0 Å². The molecule has 3 aromatic rings. The number of aliphatic hydroxyl groups excluding tert-OH is 1. The van der Waals surface area contributed by atoms with Crippen molar-refractivity contribution in [1.29, 1.82) is 0 Å². The number of aromatic hydroxyl groups is 1. The van der Waals surface area contributed by atoms with Gasteiger partial charge in [0.15, 0.2) is 0 Å². The predicted molar refractivity (Wildman–Crippen MR) is 118 cm³/mol. The molecule has 0 saturated heterocycles. The molecule has 156 valence electrons. The summed E-state index contributed by atoms with van der Waals surface area (Å²) < 4.78 is 0. The van der Waals surface area contributed by atoms with Gasteiger partial charge in [-0.25, -0.2) is 0 Å². The third-order valence-corrected chi connectivity index (χ3v) is 6.72. The normalized spacial score (nSPS) is 18.2. The molecule has 0 spiro atoms. The van der Waals surface area contributed by atoms with Crippen LogP contribution in [0.5, 0.6) is 5.75 Å². The van der Waals surface area contributed by atoms with Crippen LogP contribution in [0.15, 0.2) is 41.2 Å². The number of hydrogen-bond donors (Lipinski definition) is 4. The zero-order valence-electron chi connectivity index (χ0n) is 17.3. The Morgan fingerprint density at radius 2 is 1.70 bits per heavy atom. The van der Waals surface area contributed by atoms with Crippen molar-refractivity contribution in [1.82, 2.24) is 10.3 Å². The van der Waals surface area contributed by atoms with Crippen molar-refractivity contribution in [3.05, 3.63) is 74.6 Å². The molecule has 1 heterocycles. The van der Waals surface area contributed by atoms with E-state index in [-0.39, 0.29) is 16.8 Å². The molecule has 0 aliphatic heterocycles. The van der Waals surface area contributed by atoms with Gasteiger partial charge < -0.3 is 15.2 Å². The van der Waals surface area contributed by atoms with E-state index in [1.165, 1.54) is 54.0 Å². The zero-order valence-corrected chi connectivity index (χ0v) is 17.3. The number of nitrogens with one attached hydrogen (secondary N) is 2. The van der Waals surface area contributed by atoms with Crippen LogP contribution in [-0.2, 0) is 32.1 Å². The molecule has 0 saturated carbocycles. The van der Waals surface area contributed by atoms with E-state index in [9.17, 15) is 15.0 Å². The van der Waals surface area contributed by atoms with E-state index in [0.29, 0.717) is 11.9 Å². The average molecular weight is 405 g/mol. The van der Waals surface area contributed by atoms with Gasteiger partial charge in [-0.3, -0.25) is 10.1 Å². The molecule has 5 rings (SSSR count).